The molecule has 0 unspecified atom stereocenters. The molecule has 0 bridgehead atoms. The van der Waals surface area contributed by atoms with Crippen LogP contribution in [0.25, 0.3) is 32.7 Å². The molecule has 0 saturated carbocycles. The molecule has 6 heteroatoms. The standard InChI is InChI=1S/C34H36N2O4/c1-35(2)19-7-9-25-11-15-29-27(21-25)13-17-31(39-23-37-5)33(29)34-30-16-12-26(10-8-20-36(3)4)22-28(30)14-18-32(34)40-24-38-6/h11-18,21-22H,19-20,23-24H2,1-6H3. The number of rotatable bonds is 9. The van der Waals surface area contributed by atoms with Crippen LogP contribution in [0.1, 0.15) is 11.1 Å². The first-order valence-corrected chi connectivity index (χ1v) is 13.1. The Bertz CT molecular complexity index is 1480. The lowest BCUT2D eigenvalue weighted by molar-refractivity contribution is 0.0502. The highest BCUT2D eigenvalue weighted by Gasteiger charge is 2.19. The second kappa shape index (κ2) is 13.8. The molecule has 0 aliphatic heterocycles. The van der Waals surface area contributed by atoms with Gasteiger partial charge in [-0.15, -0.1) is 0 Å². The average Bonchev–Trinajstić information content (AvgIpc) is 2.94. The van der Waals surface area contributed by atoms with E-state index >= 15 is 0 Å². The van der Waals surface area contributed by atoms with Gasteiger partial charge in [0.1, 0.15) is 11.5 Å². The van der Waals surface area contributed by atoms with Gasteiger partial charge in [-0.1, -0.05) is 47.9 Å². The molecule has 0 aliphatic rings. The number of hydrogen-bond donors (Lipinski definition) is 0. The van der Waals surface area contributed by atoms with Gasteiger partial charge in [0.2, 0.25) is 0 Å². The topological polar surface area (TPSA) is 43.4 Å². The Labute approximate surface area is 237 Å². The van der Waals surface area contributed by atoms with E-state index in [4.69, 9.17) is 18.9 Å². The van der Waals surface area contributed by atoms with Gasteiger partial charge in [0.25, 0.3) is 0 Å². The smallest absolute Gasteiger partial charge is 0.188 e. The Morgan fingerprint density at radius 2 is 1.00 bits per heavy atom. The minimum Gasteiger partial charge on any atom is -0.467 e. The fourth-order valence-electron chi connectivity index (χ4n) is 4.38. The molecule has 0 radical (unpaired) electrons. The van der Waals surface area contributed by atoms with Crippen molar-refractivity contribution < 1.29 is 18.9 Å². The summed E-state index contributed by atoms with van der Waals surface area (Å²) in [7, 11) is 11.3. The van der Waals surface area contributed by atoms with Gasteiger partial charge in [0.15, 0.2) is 13.6 Å². The summed E-state index contributed by atoms with van der Waals surface area (Å²) in [6.07, 6.45) is 0. The molecule has 0 fully saturated rings. The van der Waals surface area contributed by atoms with E-state index in [2.05, 4.69) is 60.1 Å². The Kier molecular flexibility index (Phi) is 10.0. The van der Waals surface area contributed by atoms with Crippen LogP contribution in [0.2, 0.25) is 0 Å². The van der Waals surface area contributed by atoms with E-state index in [0.717, 1.165) is 43.8 Å². The van der Waals surface area contributed by atoms with Gasteiger partial charge < -0.3 is 18.9 Å². The Morgan fingerprint density at radius 1 is 0.575 bits per heavy atom. The third kappa shape index (κ3) is 7.12. The van der Waals surface area contributed by atoms with Crippen LogP contribution in [0, 0.1) is 23.7 Å². The molecule has 0 aliphatic carbocycles. The van der Waals surface area contributed by atoms with Crippen molar-refractivity contribution in [3.63, 3.8) is 0 Å². The summed E-state index contributed by atoms with van der Waals surface area (Å²) in [5.41, 5.74) is 3.76. The number of ether oxygens (including phenoxy) is 4. The third-order valence-electron chi connectivity index (χ3n) is 6.13. The summed E-state index contributed by atoms with van der Waals surface area (Å²) in [5.74, 6) is 14.4. The van der Waals surface area contributed by atoms with Crippen molar-refractivity contribution in [3.8, 4) is 46.3 Å². The van der Waals surface area contributed by atoms with E-state index in [0.29, 0.717) is 24.6 Å². The van der Waals surface area contributed by atoms with Crippen LogP contribution in [-0.2, 0) is 9.47 Å². The summed E-state index contributed by atoms with van der Waals surface area (Å²) in [5, 5.41) is 4.15. The maximum atomic E-state index is 6.11. The van der Waals surface area contributed by atoms with Crippen LogP contribution in [-0.4, -0.2) is 78.9 Å². The maximum absolute atomic E-state index is 6.11. The van der Waals surface area contributed by atoms with E-state index in [1.54, 1.807) is 14.2 Å². The second-order valence-corrected chi connectivity index (χ2v) is 9.93. The van der Waals surface area contributed by atoms with Crippen LogP contribution in [0.3, 0.4) is 0 Å². The lowest BCUT2D eigenvalue weighted by atomic mass is 9.91. The van der Waals surface area contributed by atoms with E-state index in [1.807, 2.05) is 62.3 Å². The minimum atomic E-state index is 0.122. The van der Waals surface area contributed by atoms with Gasteiger partial charge in [0, 0.05) is 36.5 Å². The van der Waals surface area contributed by atoms with Crippen molar-refractivity contribution in [1.82, 2.24) is 9.80 Å². The average molecular weight is 537 g/mol. The van der Waals surface area contributed by atoms with Crippen LogP contribution in [0.4, 0.5) is 0 Å². The Balaban J connectivity index is 1.95. The first-order chi connectivity index (χ1) is 19.4. The predicted octanol–water partition coefficient (Wildman–Crippen LogP) is 5.45. The number of benzene rings is 4. The lowest BCUT2D eigenvalue weighted by Crippen LogP contribution is -2.10. The van der Waals surface area contributed by atoms with E-state index in [-0.39, 0.29) is 13.6 Å². The van der Waals surface area contributed by atoms with Crippen molar-refractivity contribution >= 4 is 21.5 Å². The lowest BCUT2D eigenvalue weighted by Gasteiger charge is -2.19. The van der Waals surface area contributed by atoms with Gasteiger partial charge in [-0.2, -0.15) is 0 Å². The van der Waals surface area contributed by atoms with Crippen LogP contribution < -0.4 is 9.47 Å². The molecule has 0 amide bonds. The zero-order valence-electron chi connectivity index (χ0n) is 24.1. The predicted molar refractivity (Wildman–Crippen MR) is 163 cm³/mol. The van der Waals surface area contributed by atoms with Crippen molar-refractivity contribution in [2.45, 2.75) is 0 Å². The highest BCUT2D eigenvalue weighted by Crippen LogP contribution is 2.45. The molecule has 0 heterocycles. The number of hydrogen-bond acceptors (Lipinski definition) is 6. The minimum absolute atomic E-state index is 0.122. The molecule has 6 nitrogen and oxygen atoms in total. The van der Waals surface area contributed by atoms with Crippen LogP contribution in [0.5, 0.6) is 11.5 Å². The van der Waals surface area contributed by atoms with E-state index in [9.17, 15) is 0 Å². The number of fused-ring (bicyclic) bond motifs is 2. The molecule has 4 aromatic rings. The quantitative estimate of drug-likeness (QED) is 0.209. The first-order valence-electron chi connectivity index (χ1n) is 13.1. The van der Waals surface area contributed by atoms with Gasteiger partial charge in [0.05, 0.1) is 13.1 Å². The fourth-order valence-corrected chi connectivity index (χ4v) is 4.38. The molecular weight excluding hydrogens is 500 g/mol. The largest absolute Gasteiger partial charge is 0.467 e. The summed E-state index contributed by atoms with van der Waals surface area (Å²) < 4.78 is 22.8. The number of methoxy groups -OCH3 is 2. The van der Waals surface area contributed by atoms with Crippen LogP contribution in [0.15, 0.2) is 60.7 Å². The molecular formula is C34H36N2O4. The van der Waals surface area contributed by atoms with Gasteiger partial charge in [-0.05, 0) is 86.1 Å². The maximum Gasteiger partial charge on any atom is 0.188 e. The molecule has 206 valence electrons. The second-order valence-electron chi connectivity index (χ2n) is 9.93. The molecule has 40 heavy (non-hydrogen) atoms. The zero-order chi connectivity index (χ0) is 28.5. The summed E-state index contributed by atoms with van der Waals surface area (Å²) in [6, 6.07) is 20.6. The molecule has 0 spiro atoms. The van der Waals surface area contributed by atoms with Crippen molar-refractivity contribution in [2.75, 3.05) is 69.1 Å². The van der Waals surface area contributed by atoms with Gasteiger partial charge in [-0.3, -0.25) is 9.80 Å². The molecule has 0 atom stereocenters. The van der Waals surface area contributed by atoms with Crippen LogP contribution >= 0.6 is 0 Å². The summed E-state index contributed by atoms with van der Waals surface area (Å²) in [4.78, 5) is 4.10. The molecule has 4 aromatic carbocycles. The fraction of sp³-hybridized carbons (Fsp3) is 0.294. The van der Waals surface area contributed by atoms with E-state index < -0.39 is 0 Å². The molecule has 0 aromatic heterocycles. The summed E-state index contributed by atoms with van der Waals surface area (Å²) >= 11 is 0. The first kappa shape index (κ1) is 29.0. The molecule has 0 saturated heterocycles. The Morgan fingerprint density at radius 3 is 1.38 bits per heavy atom. The monoisotopic (exact) mass is 536 g/mol. The van der Waals surface area contributed by atoms with Crippen molar-refractivity contribution in [1.29, 1.82) is 0 Å². The third-order valence-corrected chi connectivity index (χ3v) is 6.13. The normalized spacial score (nSPS) is 10.9. The zero-order valence-corrected chi connectivity index (χ0v) is 24.1. The highest BCUT2D eigenvalue weighted by atomic mass is 16.7. The van der Waals surface area contributed by atoms with Crippen molar-refractivity contribution in [2.24, 2.45) is 0 Å². The number of nitrogens with zero attached hydrogens (tertiary/aromatic N) is 2. The van der Waals surface area contributed by atoms with Gasteiger partial charge in [-0.25, -0.2) is 0 Å². The highest BCUT2D eigenvalue weighted by molar-refractivity contribution is 6.10. The molecule has 0 N–H and O–H groups in total. The van der Waals surface area contributed by atoms with E-state index in [1.165, 1.54) is 0 Å². The SMILES string of the molecule is COCOc1ccc2cc(C#CCN(C)C)ccc2c1-c1c(OCOC)ccc2cc(C#CCN(C)C)ccc12. The molecule has 4 rings (SSSR count). The van der Waals surface area contributed by atoms with Crippen molar-refractivity contribution in [3.05, 3.63) is 71.8 Å². The van der Waals surface area contributed by atoms with Gasteiger partial charge >= 0.3 is 0 Å². The summed E-state index contributed by atoms with van der Waals surface area (Å²) in [6.45, 7) is 1.64. The Hall–Kier alpha value is -4.04.